The highest BCUT2D eigenvalue weighted by molar-refractivity contribution is 6.31. The summed E-state index contributed by atoms with van der Waals surface area (Å²) in [4.78, 5) is 25.0. The molecule has 28 heavy (non-hydrogen) atoms. The summed E-state index contributed by atoms with van der Waals surface area (Å²) in [6, 6.07) is 20.2. The Kier molecular flexibility index (Phi) is 5.73. The van der Waals surface area contributed by atoms with E-state index in [0.717, 1.165) is 5.56 Å². The third kappa shape index (κ3) is 4.37. The number of hydrogen-bond acceptors (Lipinski definition) is 3. The Morgan fingerprint density at radius 3 is 2.14 bits per heavy atom. The van der Waals surface area contributed by atoms with E-state index in [9.17, 15) is 9.59 Å². The van der Waals surface area contributed by atoms with Crippen LogP contribution in [-0.2, 0) is 0 Å². The zero-order valence-corrected chi connectivity index (χ0v) is 15.7. The molecule has 3 aromatic carbocycles. The van der Waals surface area contributed by atoms with Crippen LogP contribution in [-0.4, -0.2) is 11.8 Å². The molecule has 0 fully saturated rings. The fourth-order valence-corrected chi connectivity index (χ4v) is 2.74. The van der Waals surface area contributed by atoms with Crippen LogP contribution in [0, 0.1) is 18.3 Å². The van der Waals surface area contributed by atoms with Crippen molar-refractivity contribution in [3.63, 3.8) is 0 Å². The molecule has 0 bridgehead atoms. The molecular formula is C22H16ClN3O2. The second-order valence-electron chi connectivity index (χ2n) is 6.09. The van der Waals surface area contributed by atoms with E-state index in [1.807, 2.05) is 13.0 Å². The number of nitrogens with one attached hydrogen (secondary N) is 2. The Morgan fingerprint density at radius 1 is 0.893 bits per heavy atom. The summed E-state index contributed by atoms with van der Waals surface area (Å²) in [6.45, 7) is 1.82. The molecule has 3 rings (SSSR count). The Hall–Kier alpha value is -3.62. The maximum atomic E-state index is 12.6. The van der Waals surface area contributed by atoms with Crippen LogP contribution in [0.25, 0.3) is 0 Å². The molecule has 0 atom stereocenters. The standard InChI is InChI=1S/C22H16ClN3O2/c1-14-19(23)6-3-7-20(14)26-22(28)17-5-2-4-16(12-17)21(27)25-18-10-8-15(13-24)9-11-18/h2-12H,1H3,(H,25,27)(H,26,28). The van der Waals surface area contributed by atoms with Crippen molar-refractivity contribution in [3.8, 4) is 6.07 Å². The van der Waals surface area contributed by atoms with Gasteiger partial charge in [-0.25, -0.2) is 0 Å². The Morgan fingerprint density at radius 2 is 1.50 bits per heavy atom. The van der Waals surface area contributed by atoms with Gasteiger partial charge in [-0.05, 0) is 67.1 Å². The zero-order chi connectivity index (χ0) is 20.1. The third-order valence-electron chi connectivity index (χ3n) is 4.17. The first-order valence-corrected chi connectivity index (χ1v) is 8.84. The van der Waals surface area contributed by atoms with Gasteiger partial charge in [0.05, 0.1) is 11.6 Å². The number of benzene rings is 3. The maximum Gasteiger partial charge on any atom is 0.255 e. The molecule has 0 saturated heterocycles. The van der Waals surface area contributed by atoms with Crippen LogP contribution in [0.15, 0.2) is 66.7 Å². The molecule has 2 N–H and O–H groups in total. The summed E-state index contributed by atoms with van der Waals surface area (Å²) in [5.74, 6) is -0.684. The van der Waals surface area contributed by atoms with E-state index in [1.54, 1.807) is 60.7 Å². The third-order valence-corrected chi connectivity index (χ3v) is 4.58. The van der Waals surface area contributed by atoms with Crippen LogP contribution in [0.1, 0.15) is 31.8 Å². The molecule has 0 aliphatic heterocycles. The Labute approximate surface area is 167 Å². The van der Waals surface area contributed by atoms with Crippen LogP contribution in [0.4, 0.5) is 11.4 Å². The molecule has 0 spiro atoms. The predicted octanol–water partition coefficient (Wildman–Crippen LogP) is 5.02. The molecule has 6 heteroatoms. The minimum absolute atomic E-state index is 0.335. The molecule has 3 aromatic rings. The van der Waals surface area contributed by atoms with E-state index < -0.39 is 0 Å². The number of anilines is 2. The van der Waals surface area contributed by atoms with Crippen molar-refractivity contribution >= 4 is 34.8 Å². The van der Waals surface area contributed by atoms with E-state index in [4.69, 9.17) is 16.9 Å². The van der Waals surface area contributed by atoms with Crippen LogP contribution in [0.3, 0.4) is 0 Å². The lowest BCUT2D eigenvalue weighted by Crippen LogP contribution is -2.16. The summed E-state index contributed by atoms with van der Waals surface area (Å²) in [5, 5.41) is 14.9. The molecule has 0 saturated carbocycles. The number of nitrogens with zero attached hydrogens (tertiary/aromatic N) is 1. The van der Waals surface area contributed by atoms with Gasteiger partial charge in [-0.2, -0.15) is 5.26 Å². The smallest absolute Gasteiger partial charge is 0.255 e. The van der Waals surface area contributed by atoms with Gasteiger partial charge in [-0.1, -0.05) is 23.7 Å². The van der Waals surface area contributed by atoms with Gasteiger partial charge >= 0.3 is 0 Å². The number of carbonyl (C=O) groups is 2. The average Bonchev–Trinajstić information content (AvgIpc) is 2.72. The summed E-state index contributed by atoms with van der Waals surface area (Å²) in [6.07, 6.45) is 0. The van der Waals surface area contributed by atoms with Gasteiger partial charge in [-0.15, -0.1) is 0 Å². The van der Waals surface area contributed by atoms with Gasteiger partial charge in [0.15, 0.2) is 0 Å². The average molecular weight is 390 g/mol. The molecular weight excluding hydrogens is 374 g/mol. The van der Waals surface area contributed by atoms with Crippen molar-refractivity contribution in [3.05, 3.63) is 94.0 Å². The van der Waals surface area contributed by atoms with Crippen molar-refractivity contribution in [1.82, 2.24) is 0 Å². The number of rotatable bonds is 4. The highest BCUT2D eigenvalue weighted by atomic mass is 35.5. The molecule has 0 unspecified atom stereocenters. The predicted molar refractivity (Wildman–Crippen MR) is 110 cm³/mol. The van der Waals surface area contributed by atoms with E-state index >= 15 is 0 Å². The lowest BCUT2D eigenvalue weighted by atomic mass is 10.1. The quantitative estimate of drug-likeness (QED) is 0.656. The van der Waals surface area contributed by atoms with Gasteiger partial charge in [0.25, 0.3) is 11.8 Å². The number of amides is 2. The Bertz CT molecular complexity index is 1090. The normalized spacial score (nSPS) is 10.0. The lowest BCUT2D eigenvalue weighted by molar-refractivity contribution is 0.102. The summed E-state index contributed by atoms with van der Waals surface area (Å²) >= 11 is 6.08. The SMILES string of the molecule is Cc1c(Cl)cccc1NC(=O)c1cccc(C(=O)Nc2ccc(C#N)cc2)c1. The number of halogens is 1. The van der Waals surface area contributed by atoms with E-state index in [2.05, 4.69) is 10.6 Å². The van der Waals surface area contributed by atoms with Crippen molar-refractivity contribution in [2.24, 2.45) is 0 Å². The molecule has 0 aliphatic carbocycles. The van der Waals surface area contributed by atoms with E-state index in [1.165, 1.54) is 6.07 Å². The summed E-state index contributed by atoms with van der Waals surface area (Å²) in [7, 11) is 0. The zero-order valence-electron chi connectivity index (χ0n) is 15.0. The van der Waals surface area contributed by atoms with Crippen molar-refractivity contribution in [1.29, 1.82) is 5.26 Å². The van der Waals surface area contributed by atoms with Crippen LogP contribution < -0.4 is 10.6 Å². The molecule has 0 aliphatic rings. The van der Waals surface area contributed by atoms with Crippen LogP contribution in [0.2, 0.25) is 5.02 Å². The van der Waals surface area contributed by atoms with Gasteiger partial charge in [-0.3, -0.25) is 9.59 Å². The van der Waals surface area contributed by atoms with E-state index in [0.29, 0.717) is 33.1 Å². The van der Waals surface area contributed by atoms with Gasteiger partial charge in [0.1, 0.15) is 0 Å². The fraction of sp³-hybridized carbons (Fsp3) is 0.0455. The van der Waals surface area contributed by atoms with E-state index in [-0.39, 0.29) is 11.8 Å². The second kappa shape index (κ2) is 8.38. The molecule has 2 amide bonds. The maximum absolute atomic E-state index is 12.6. The molecule has 0 aromatic heterocycles. The molecule has 0 radical (unpaired) electrons. The fourth-order valence-electron chi connectivity index (χ4n) is 2.57. The van der Waals surface area contributed by atoms with Gasteiger partial charge in [0, 0.05) is 27.5 Å². The number of nitriles is 1. The summed E-state index contributed by atoms with van der Waals surface area (Å²) in [5.41, 5.74) is 3.16. The van der Waals surface area contributed by atoms with Crippen molar-refractivity contribution in [2.45, 2.75) is 6.92 Å². The monoisotopic (exact) mass is 389 g/mol. The lowest BCUT2D eigenvalue weighted by Gasteiger charge is -2.10. The second-order valence-corrected chi connectivity index (χ2v) is 6.50. The topological polar surface area (TPSA) is 82.0 Å². The Balaban J connectivity index is 1.75. The van der Waals surface area contributed by atoms with Gasteiger partial charge in [0.2, 0.25) is 0 Å². The number of hydrogen-bond donors (Lipinski definition) is 2. The largest absolute Gasteiger partial charge is 0.322 e. The first kappa shape index (κ1) is 19.2. The molecule has 0 heterocycles. The highest BCUT2D eigenvalue weighted by Crippen LogP contribution is 2.23. The van der Waals surface area contributed by atoms with Gasteiger partial charge < -0.3 is 10.6 Å². The highest BCUT2D eigenvalue weighted by Gasteiger charge is 2.12. The van der Waals surface area contributed by atoms with Crippen LogP contribution in [0.5, 0.6) is 0 Å². The number of carbonyl (C=O) groups excluding carboxylic acids is 2. The first-order chi connectivity index (χ1) is 13.5. The summed E-state index contributed by atoms with van der Waals surface area (Å²) < 4.78 is 0. The first-order valence-electron chi connectivity index (χ1n) is 8.46. The minimum atomic E-state index is -0.349. The molecule has 5 nitrogen and oxygen atoms in total. The molecule has 138 valence electrons. The minimum Gasteiger partial charge on any atom is -0.322 e. The van der Waals surface area contributed by atoms with Crippen LogP contribution >= 0.6 is 11.6 Å². The van der Waals surface area contributed by atoms with Crippen molar-refractivity contribution < 1.29 is 9.59 Å². The van der Waals surface area contributed by atoms with Crippen molar-refractivity contribution in [2.75, 3.05) is 10.6 Å².